The number of esters is 1. The van der Waals surface area contributed by atoms with Gasteiger partial charge in [-0.25, -0.2) is 4.79 Å². The lowest BCUT2D eigenvalue weighted by Crippen LogP contribution is -2.09. The fraction of sp³-hybridized carbons (Fsp3) is 0.222. The molecule has 1 fully saturated rings. The Balaban J connectivity index is 1.52. The summed E-state index contributed by atoms with van der Waals surface area (Å²) in [5.74, 6) is -0.447. The second-order valence-electron chi connectivity index (χ2n) is 5.87. The highest BCUT2D eigenvalue weighted by Gasteiger charge is 2.59. The van der Waals surface area contributed by atoms with Crippen LogP contribution in [0.15, 0.2) is 48.5 Å². The summed E-state index contributed by atoms with van der Waals surface area (Å²) in [4.78, 5) is 23.1. The summed E-state index contributed by atoms with van der Waals surface area (Å²) in [5.41, 5.74) is 2.71. The topological polar surface area (TPSA) is 63.6 Å². The fourth-order valence-corrected chi connectivity index (χ4v) is 3.53. The van der Waals surface area contributed by atoms with Gasteiger partial charge in [-0.3, -0.25) is 4.79 Å². The standard InChI is InChI=1S/C18H14O4/c19-17(20)16-14-9-11-8-12(6-7-13(11)15(14)16)22-18(21)10-4-2-1-3-5-10/h1-8,14-16H,9H2,(H,19,20)/t14-,15+,16+/m1/s1. The number of rotatable bonds is 3. The van der Waals surface area contributed by atoms with Gasteiger partial charge in [-0.1, -0.05) is 24.3 Å². The first kappa shape index (κ1) is 13.1. The van der Waals surface area contributed by atoms with Crippen molar-refractivity contribution in [2.24, 2.45) is 11.8 Å². The van der Waals surface area contributed by atoms with Gasteiger partial charge in [0.25, 0.3) is 0 Å². The predicted molar refractivity (Wildman–Crippen MR) is 78.9 cm³/mol. The number of ether oxygens (including phenoxy) is 1. The maximum absolute atomic E-state index is 12.0. The third-order valence-corrected chi connectivity index (χ3v) is 4.60. The number of hydrogen-bond acceptors (Lipinski definition) is 3. The monoisotopic (exact) mass is 294 g/mol. The molecule has 2 aliphatic carbocycles. The van der Waals surface area contributed by atoms with E-state index in [1.807, 2.05) is 18.2 Å². The molecule has 2 aromatic carbocycles. The number of fused-ring (bicyclic) bond motifs is 3. The summed E-state index contributed by atoms with van der Waals surface area (Å²) in [6.45, 7) is 0. The van der Waals surface area contributed by atoms with Crippen LogP contribution in [-0.4, -0.2) is 17.0 Å². The molecule has 0 saturated heterocycles. The Bertz CT molecular complexity index is 766. The van der Waals surface area contributed by atoms with Crippen molar-refractivity contribution < 1.29 is 19.4 Å². The van der Waals surface area contributed by atoms with Crippen LogP contribution >= 0.6 is 0 Å². The Morgan fingerprint density at radius 3 is 2.59 bits per heavy atom. The number of carbonyl (C=O) groups excluding carboxylic acids is 1. The van der Waals surface area contributed by atoms with E-state index in [1.54, 1.807) is 30.3 Å². The molecular weight excluding hydrogens is 280 g/mol. The summed E-state index contributed by atoms with van der Waals surface area (Å²) in [6, 6.07) is 14.4. The Morgan fingerprint density at radius 1 is 1.09 bits per heavy atom. The highest BCUT2D eigenvalue weighted by molar-refractivity contribution is 5.91. The molecule has 1 saturated carbocycles. The largest absolute Gasteiger partial charge is 0.481 e. The van der Waals surface area contributed by atoms with Gasteiger partial charge in [0.2, 0.25) is 0 Å². The van der Waals surface area contributed by atoms with Gasteiger partial charge in [-0.15, -0.1) is 0 Å². The van der Waals surface area contributed by atoms with Crippen LogP contribution in [0.5, 0.6) is 5.75 Å². The van der Waals surface area contributed by atoms with E-state index >= 15 is 0 Å². The maximum atomic E-state index is 12.0. The van der Waals surface area contributed by atoms with E-state index in [1.165, 1.54) is 0 Å². The molecule has 0 spiro atoms. The molecule has 22 heavy (non-hydrogen) atoms. The van der Waals surface area contributed by atoms with E-state index in [9.17, 15) is 9.59 Å². The number of carboxylic acid groups (broad SMARTS) is 1. The Hall–Kier alpha value is -2.62. The summed E-state index contributed by atoms with van der Waals surface area (Å²) in [5, 5.41) is 9.11. The fourth-order valence-electron chi connectivity index (χ4n) is 3.53. The van der Waals surface area contributed by atoms with Crippen LogP contribution in [0.3, 0.4) is 0 Å². The van der Waals surface area contributed by atoms with Crippen LogP contribution in [0.1, 0.15) is 27.4 Å². The summed E-state index contributed by atoms with van der Waals surface area (Å²) >= 11 is 0. The first-order valence-corrected chi connectivity index (χ1v) is 7.28. The summed E-state index contributed by atoms with van der Waals surface area (Å²) in [7, 11) is 0. The summed E-state index contributed by atoms with van der Waals surface area (Å²) in [6.07, 6.45) is 0.758. The molecule has 110 valence electrons. The molecule has 2 aromatic rings. The van der Waals surface area contributed by atoms with Gasteiger partial charge in [0.15, 0.2) is 0 Å². The molecule has 3 atom stereocenters. The van der Waals surface area contributed by atoms with Gasteiger partial charge in [0, 0.05) is 5.92 Å². The molecule has 0 bridgehead atoms. The van der Waals surface area contributed by atoms with Crippen molar-refractivity contribution in [1.82, 2.24) is 0 Å². The van der Waals surface area contributed by atoms with Crippen LogP contribution in [0.4, 0.5) is 0 Å². The smallest absolute Gasteiger partial charge is 0.343 e. The van der Waals surface area contributed by atoms with E-state index in [0.29, 0.717) is 11.3 Å². The normalized spacial score (nSPS) is 24.3. The lowest BCUT2D eigenvalue weighted by Gasteiger charge is -2.09. The van der Waals surface area contributed by atoms with Gasteiger partial charge in [0.1, 0.15) is 5.75 Å². The number of carboxylic acids is 1. The van der Waals surface area contributed by atoms with Crippen molar-refractivity contribution in [3.63, 3.8) is 0 Å². The lowest BCUT2D eigenvalue weighted by atomic mass is 10.0. The molecule has 1 N–H and O–H groups in total. The molecule has 2 aliphatic rings. The molecule has 4 heteroatoms. The quantitative estimate of drug-likeness (QED) is 0.698. The van der Waals surface area contributed by atoms with Gasteiger partial charge in [-0.2, -0.15) is 0 Å². The van der Waals surface area contributed by atoms with Crippen molar-refractivity contribution in [1.29, 1.82) is 0 Å². The van der Waals surface area contributed by atoms with E-state index < -0.39 is 5.97 Å². The van der Waals surface area contributed by atoms with Crippen molar-refractivity contribution in [3.8, 4) is 5.75 Å². The average molecular weight is 294 g/mol. The third-order valence-electron chi connectivity index (χ3n) is 4.60. The van der Waals surface area contributed by atoms with E-state index in [4.69, 9.17) is 9.84 Å². The van der Waals surface area contributed by atoms with Crippen LogP contribution in [0.25, 0.3) is 0 Å². The van der Waals surface area contributed by atoms with Crippen LogP contribution in [0, 0.1) is 11.8 Å². The Kier molecular flexibility index (Phi) is 2.79. The van der Waals surface area contributed by atoms with E-state index in [0.717, 1.165) is 17.5 Å². The SMILES string of the molecule is O=C(Oc1ccc2c(c1)C[C@H]1[C@H](C(=O)O)[C@@H]21)c1ccccc1. The number of carbonyl (C=O) groups is 2. The molecular formula is C18H14O4. The Labute approximate surface area is 127 Å². The molecule has 0 unspecified atom stereocenters. The van der Waals surface area contributed by atoms with Crippen molar-refractivity contribution in [3.05, 3.63) is 65.2 Å². The highest BCUT2D eigenvalue weighted by atomic mass is 16.5. The third kappa shape index (κ3) is 1.99. The zero-order valence-corrected chi connectivity index (χ0v) is 11.7. The van der Waals surface area contributed by atoms with Gasteiger partial charge in [0.05, 0.1) is 11.5 Å². The molecule has 0 aromatic heterocycles. The highest BCUT2D eigenvalue weighted by Crippen LogP contribution is 2.61. The lowest BCUT2D eigenvalue weighted by molar-refractivity contribution is -0.139. The molecule has 0 radical (unpaired) electrons. The van der Waals surface area contributed by atoms with Gasteiger partial charge >= 0.3 is 11.9 Å². The predicted octanol–water partition coefficient (Wildman–Crippen LogP) is 2.88. The first-order valence-electron chi connectivity index (χ1n) is 7.28. The molecule has 0 aliphatic heterocycles. The summed E-state index contributed by atoms with van der Waals surface area (Å²) < 4.78 is 5.39. The minimum atomic E-state index is -0.708. The number of benzene rings is 2. The van der Waals surface area contributed by atoms with E-state index in [-0.39, 0.29) is 23.7 Å². The molecule has 0 heterocycles. The van der Waals surface area contributed by atoms with Crippen LogP contribution < -0.4 is 4.74 Å². The van der Waals surface area contributed by atoms with Gasteiger partial charge < -0.3 is 9.84 Å². The molecule has 4 rings (SSSR count). The number of hydrogen-bond donors (Lipinski definition) is 1. The minimum Gasteiger partial charge on any atom is -0.481 e. The Morgan fingerprint density at radius 2 is 1.86 bits per heavy atom. The minimum absolute atomic E-state index is 0.145. The number of aliphatic carboxylic acids is 1. The average Bonchev–Trinajstić information content (AvgIpc) is 3.12. The molecule has 4 nitrogen and oxygen atoms in total. The first-order chi connectivity index (χ1) is 10.6. The van der Waals surface area contributed by atoms with Gasteiger partial charge in [-0.05, 0) is 47.7 Å². The second-order valence-corrected chi connectivity index (χ2v) is 5.87. The van der Waals surface area contributed by atoms with E-state index in [2.05, 4.69) is 0 Å². The van der Waals surface area contributed by atoms with Crippen molar-refractivity contribution in [2.45, 2.75) is 12.3 Å². The maximum Gasteiger partial charge on any atom is 0.343 e. The van der Waals surface area contributed by atoms with Crippen molar-refractivity contribution in [2.75, 3.05) is 0 Å². The van der Waals surface area contributed by atoms with Crippen LogP contribution in [0.2, 0.25) is 0 Å². The van der Waals surface area contributed by atoms with Crippen molar-refractivity contribution >= 4 is 11.9 Å². The second kappa shape index (κ2) is 4.70. The van der Waals surface area contributed by atoms with Crippen LogP contribution in [-0.2, 0) is 11.2 Å². The molecule has 0 amide bonds. The zero-order chi connectivity index (χ0) is 15.3. The zero-order valence-electron chi connectivity index (χ0n) is 11.7.